The summed E-state index contributed by atoms with van der Waals surface area (Å²) in [6.07, 6.45) is -5.21. The maximum absolute atomic E-state index is 14.3. The van der Waals surface area contributed by atoms with Crippen molar-refractivity contribution in [3.8, 4) is 17.2 Å². The number of amides is 2. The number of halogens is 3. The number of nitrogens with zero attached hydrogens (tertiary/aromatic N) is 4. The van der Waals surface area contributed by atoms with Gasteiger partial charge in [-0.05, 0) is 42.5 Å². The zero-order valence-corrected chi connectivity index (χ0v) is 25.2. The van der Waals surface area contributed by atoms with E-state index in [9.17, 15) is 32.3 Å². The van der Waals surface area contributed by atoms with Crippen LogP contribution in [0.1, 0.15) is 54.4 Å². The first-order valence-corrected chi connectivity index (χ1v) is 14.4. The summed E-state index contributed by atoms with van der Waals surface area (Å²) < 4.78 is 59.2. The number of esters is 1. The van der Waals surface area contributed by atoms with Crippen LogP contribution < -0.4 is 14.4 Å². The van der Waals surface area contributed by atoms with Crippen LogP contribution in [0, 0.1) is 0 Å². The van der Waals surface area contributed by atoms with Crippen molar-refractivity contribution in [2.75, 3.05) is 32.4 Å². The standard InChI is InChI=1S/C33H27F3N4O7/c1-38(22-10-11-27-28(15-22)47-18-46-27)31(43)21-4-3-5-23(14-21)40-25-12-13-39(17-24(25)30(37-40)33(34,35)36)32(44)20-8-6-19(7-9-20)26(41)16-29(42)45-2/h3-11,14-15H,12-13,16-18H2,1-2H3. The van der Waals surface area contributed by atoms with Gasteiger partial charge < -0.3 is 24.0 Å². The summed E-state index contributed by atoms with van der Waals surface area (Å²) >= 11 is 0. The van der Waals surface area contributed by atoms with Crippen LogP contribution in [0.5, 0.6) is 11.5 Å². The van der Waals surface area contributed by atoms with Crippen LogP contribution >= 0.6 is 0 Å². The largest absolute Gasteiger partial charge is 0.469 e. The highest BCUT2D eigenvalue weighted by Crippen LogP contribution is 2.37. The number of ether oxygens (including phenoxy) is 3. The maximum Gasteiger partial charge on any atom is 0.435 e. The molecule has 0 N–H and O–H groups in total. The fourth-order valence-electron chi connectivity index (χ4n) is 5.50. The molecule has 0 unspecified atom stereocenters. The van der Waals surface area contributed by atoms with Crippen molar-refractivity contribution in [2.24, 2.45) is 0 Å². The van der Waals surface area contributed by atoms with Gasteiger partial charge in [-0.3, -0.25) is 19.2 Å². The number of fused-ring (bicyclic) bond motifs is 2. The summed E-state index contributed by atoms with van der Waals surface area (Å²) in [5.74, 6) is -1.07. The molecule has 0 saturated heterocycles. The number of hydrogen-bond donors (Lipinski definition) is 0. The third-order valence-corrected chi connectivity index (χ3v) is 7.99. The minimum atomic E-state index is -4.81. The number of benzene rings is 3. The molecule has 6 rings (SSSR count). The van der Waals surface area contributed by atoms with E-state index in [1.165, 1.54) is 44.8 Å². The summed E-state index contributed by atoms with van der Waals surface area (Å²) in [4.78, 5) is 53.1. The Morgan fingerprint density at radius 1 is 0.936 bits per heavy atom. The van der Waals surface area contributed by atoms with Gasteiger partial charge in [0.2, 0.25) is 6.79 Å². The van der Waals surface area contributed by atoms with Crippen LogP contribution in [0.15, 0.2) is 66.7 Å². The fourth-order valence-corrected chi connectivity index (χ4v) is 5.50. The summed E-state index contributed by atoms with van der Waals surface area (Å²) in [5, 5.41) is 3.93. The highest BCUT2D eigenvalue weighted by Gasteiger charge is 2.41. The lowest BCUT2D eigenvalue weighted by Gasteiger charge is -2.28. The molecule has 0 bridgehead atoms. The Hall–Kier alpha value is -5.66. The number of alkyl halides is 3. The van der Waals surface area contributed by atoms with Crippen molar-refractivity contribution in [1.29, 1.82) is 0 Å². The highest BCUT2D eigenvalue weighted by atomic mass is 19.4. The zero-order valence-electron chi connectivity index (χ0n) is 25.2. The van der Waals surface area contributed by atoms with E-state index in [1.807, 2.05) is 0 Å². The Labute approximate surface area is 266 Å². The Balaban J connectivity index is 1.25. The quantitative estimate of drug-likeness (QED) is 0.159. The summed E-state index contributed by atoms with van der Waals surface area (Å²) in [6, 6.07) is 16.7. The number of carbonyl (C=O) groups excluding carboxylic acids is 4. The summed E-state index contributed by atoms with van der Waals surface area (Å²) in [6.45, 7) is -0.172. The summed E-state index contributed by atoms with van der Waals surface area (Å²) in [7, 11) is 2.74. The first kappa shape index (κ1) is 31.3. The van der Waals surface area contributed by atoms with Crippen LogP contribution in [0.4, 0.5) is 18.9 Å². The van der Waals surface area contributed by atoms with E-state index in [-0.39, 0.29) is 59.9 Å². The molecule has 0 radical (unpaired) electrons. The van der Waals surface area contributed by atoms with Crippen molar-refractivity contribution in [3.63, 3.8) is 0 Å². The minimum Gasteiger partial charge on any atom is -0.469 e. The van der Waals surface area contributed by atoms with Gasteiger partial charge in [-0.25, -0.2) is 4.68 Å². The molecule has 14 heteroatoms. The molecule has 3 heterocycles. The van der Waals surface area contributed by atoms with Crippen LogP contribution in [-0.2, 0) is 28.7 Å². The van der Waals surface area contributed by atoms with Crippen molar-refractivity contribution in [2.45, 2.75) is 25.6 Å². The number of Topliss-reactive ketones (excluding diaryl/α,β-unsaturated/α-hetero) is 1. The van der Waals surface area contributed by atoms with Crippen LogP contribution in [0.25, 0.3) is 5.69 Å². The van der Waals surface area contributed by atoms with Crippen LogP contribution in [0.3, 0.4) is 0 Å². The van der Waals surface area contributed by atoms with Gasteiger partial charge in [-0.2, -0.15) is 18.3 Å². The Morgan fingerprint density at radius 2 is 1.66 bits per heavy atom. The third-order valence-electron chi connectivity index (χ3n) is 7.99. The lowest BCUT2D eigenvalue weighted by Crippen LogP contribution is -2.37. The number of hydrogen-bond acceptors (Lipinski definition) is 8. The average Bonchev–Trinajstić information content (AvgIpc) is 3.71. The van der Waals surface area contributed by atoms with Gasteiger partial charge >= 0.3 is 12.1 Å². The van der Waals surface area contributed by atoms with Gasteiger partial charge in [-0.15, -0.1) is 0 Å². The molecule has 0 fully saturated rings. The smallest absolute Gasteiger partial charge is 0.435 e. The second-order valence-corrected chi connectivity index (χ2v) is 10.9. The molecule has 0 aliphatic carbocycles. The van der Waals surface area contributed by atoms with Crippen molar-refractivity contribution < 1.29 is 46.6 Å². The van der Waals surface area contributed by atoms with Crippen LogP contribution in [-0.4, -0.2) is 65.7 Å². The van der Waals surface area contributed by atoms with E-state index in [1.54, 1.807) is 43.4 Å². The molecule has 2 aliphatic heterocycles. The first-order valence-electron chi connectivity index (χ1n) is 14.4. The zero-order chi connectivity index (χ0) is 33.5. The number of ketones is 1. The van der Waals surface area contributed by atoms with E-state index < -0.39 is 41.9 Å². The molecule has 242 valence electrons. The molecule has 11 nitrogen and oxygen atoms in total. The van der Waals surface area contributed by atoms with E-state index in [0.717, 1.165) is 7.11 Å². The van der Waals surface area contributed by atoms with Crippen molar-refractivity contribution in [1.82, 2.24) is 14.7 Å². The normalized spacial score (nSPS) is 13.6. The van der Waals surface area contributed by atoms with Crippen molar-refractivity contribution >= 4 is 29.3 Å². The van der Waals surface area contributed by atoms with Gasteiger partial charge in [-0.1, -0.05) is 18.2 Å². The average molecular weight is 649 g/mol. The molecule has 0 saturated carbocycles. The molecule has 1 aromatic heterocycles. The molecule has 2 aliphatic rings. The molecular weight excluding hydrogens is 621 g/mol. The third kappa shape index (κ3) is 6.13. The molecule has 3 aromatic carbocycles. The SMILES string of the molecule is COC(=O)CC(=O)c1ccc(C(=O)N2CCc3c(c(C(F)(F)F)nn3-c3cccc(C(=O)N(C)c4ccc5c(c4)OCO5)c3)C2)cc1. The van der Waals surface area contributed by atoms with Gasteiger partial charge in [0.05, 0.1) is 18.5 Å². The fraction of sp³-hybridized carbons (Fsp3) is 0.242. The molecular formula is C33H27F3N4O7. The number of aromatic nitrogens is 2. The summed E-state index contributed by atoms with van der Waals surface area (Å²) in [5.41, 5.74) is 0.388. The number of rotatable bonds is 7. The van der Waals surface area contributed by atoms with E-state index in [2.05, 4.69) is 9.84 Å². The predicted molar refractivity (Wildman–Crippen MR) is 160 cm³/mol. The van der Waals surface area contributed by atoms with Crippen LogP contribution in [0.2, 0.25) is 0 Å². The monoisotopic (exact) mass is 648 g/mol. The second kappa shape index (κ2) is 12.3. The lowest BCUT2D eigenvalue weighted by molar-refractivity contribution is -0.142. The number of anilines is 1. The highest BCUT2D eigenvalue weighted by molar-refractivity contribution is 6.07. The molecule has 47 heavy (non-hydrogen) atoms. The van der Waals surface area contributed by atoms with E-state index >= 15 is 0 Å². The maximum atomic E-state index is 14.3. The molecule has 2 amide bonds. The molecule has 0 atom stereocenters. The molecule has 4 aromatic rings. The second-order valence-electron chi connectivity index (χ2n) is 10.9. The lowest BCUT2D eigenvalue weighted by atomic mass is 10.0. The molecule has 0 spiro atoms. The topological polar surface area (TPSA) is 120 Å². The van der Waals surface area contributed by atoms with Gasteiger partial charge in [0.1, 0.15) is 6.42 Å². The first-order chi connectivity index (χ1) is 22.4. The Morgan fingerprint density at radius 3 is 2.38 bits per heavy atom. The number of methoxy groups -OCH3 is 1. The van der Waals surface area contributed by atoms with E-state index in [4.69, 9.17) is 9.47 Å². The Bertz CT molecular complexity index is 1900. The number of carbonyl (C=O) groups is 4. The predicted octanol–water partition coefficient (Wildman–Crippen LogP) is 4.84. The van der Waals surface area contributed by atoms with Crippen molar-refractivity contribution in [3.05, 3.63) is 100 Å². The van der Waals surface area contributed by atoms with Gasteiger partial charge in [0.15, 0.2) is 23.0 Å². The minimum absolute atomic E-state index is 0.0646. The van der Waals surface area contributed by atoms with Gasteiger partial charge in [0.25, 0.3) is 11.8 Å². The van der Waals surface area contributed by atoms with E-state index in [0.29, 0.717) is 17.2 Å². The van der Waals surface area contributed by atoms with Gasteiger partial charge in [0, 0.05) is 60.6 Å². The Kier molecular flexibility index (Phi) is 8.18.